The maximum Gasteiger partial charge on any atom is -0.000958 e. The molecule has 0 N–H and O–H groups in total. The number of thioether (sulfide) groups is 1. The molecule has 1 fully saturated rings. The normalized spacial score (nSPS) is 35.3. The minimum absolute atomic E-state index is 0.807. The van der Waals surface area contributed by atoms with Crippen LogP contribution in [0.25, 0.3) is 0 Å². The summed E-state index contributed by atoms with van der Waals surface area (Å²) in [7, 11) is 0. The molecule has 78 valence electrons. The Hall–Kier alpha value is 0.350. The quantitative estimate of drug-likeness (QED) is 0.658. The summed E-state index contributed by atoms with van der Waals surface area (Å²) in [5.74, 6) is 4.31. The van der Waals surface area contributed by atoms with Gasteiger partial charge in [-0.1, -0.05) is 47.0 Å². The molecule has 0 radical (unpaired) electrons. The largest absolute Gasteiger partial charge is 0.159 e. The number of hydrogen-bond donors (Lipinski definition) is 0. The molecule has 13 heavy (non-hydrogen) atoms. The lowest BCUT2D eigenvalue weighted by Gasteiger charge is -2.34. The minimum atomic E-state index is 0.807. The van der Waals surface area contributed by atoms with E-state index in [2.05, 4.69) is 39.5 Å². The Labute approximate surface area is 87.9 Å². The highest BCUT2D eigenvalue weighted by atomic mass is 32.2. The highest BCUT2D eigenvalue weighted by Crippen LogP contribution is 2.36. The number of rotatable bonds is 3. The van der Waals surface area contributed by atoms with Crippen LogP contribution in [0, 0.1) is 17.8 Å². The summed E-state index contributed by atoms with van der Waals surface area (Å²) in [6.45, 7) is 9.51. The second-order valence-electron chi connectivity index (χ2n) is 4.93. The molecule has 0 amide bonds. The van der Waals surface area contributed by atoms with Gasteiger partial charge < -0.3 is 0 Å². The van der Waals surface area contributed by atoms with Gasteiger partial charge in [-0.2, -0.15) is 11.8 Å². The van der Waals surface area contributed by atoms with Crippen LogP contribution in [0.4, 0.5) is 0 Å². The molecule has 2 atom stereocenters. The lowest BCUT2D eigenvalue weighted by molar-refractivity contribution is 0.202. The molecule has 0 spiro atoms. The Balaban J connectivity index is 2.35. The molecule has 0 aromatic heterocycles. The first kappa shape index (κ1) is 11.4. The third-order valence-electron chi connectivity index (χ3n) is 3.40. The van der Waals surface area contributed by atoms with Crippen LogP contribution in [0.1, 0.15) is 47.0 Å². The van der Waals surface area contributed by atoms with Crippen molar-refractivity contribution in [1.82, 2.24) is 0 Å². The van der Waals surface area contributed by atoms with Gasteiger partial charge in [0.05, 0.1) is 0 Å². The molecule has 0 aromatic rings. The van der Waals surface area contributed by atoms with Gasteiger partial charge in [-0.05, 0) is 28.8 Å². The predicted octanol–water partition coefficient (Wildman–Crippen LogP) is 4.20. The van der Waals surface area contributed by atoms with E-state index in [1.54, 1.807) is 0 Å². The van der Waals surface area contributed by atoms with Gasteiger partial charge in [0.2, 0.25) is 0 Å². The van der Waals surface area contributed by atoms with Crippen molar-refractivity contribution in [3.8, 4) is 0 Å². The maximum atomic E-state index is 2.45. The van der Waals surface area contributed by atoms with Gasteiger partial charge in [-0.15, -0.1) is 0 Å². The van der Waals surface area contributed by atoms with Gasteiger partial charge in [0.1, 0.15) is 0 Å². The molecule has 2 unspecified atom stereocenters. The fraction of sp³-hybridized carbons (Fsp3) is 1.00. The summed E-state index contributed by atoms with van der Waals surface area (Å²) >= 11 is 2.15. The zero-order valence-corrected chi connectivity index (χ0v) is 10.4. The van der Waals surface area contributed by atoms with E-state index in [1.807, 2.05) is 0 Å². The topological polar surface area (TPSA) is 0 Å². The molecule has 0 aliphatic heterocycles. The fourth-order valence-electron chi connectivity index (χ4n) is 2.38. The Bertz CT molecular complexity index is 132. The van der Waals surface area contributed by atoms with Crippen LogP contribution in [0.2, 0.25) is 0 Å². The maximum absolute atomic E-state index is 2.45. The molecule has 1 heteroatoms. The summed E-state index contributed by atoms with van der Waals surface area (Å²) < 4.78 is 0. The van der Waals surface area contributed by atoms with E-state index in [0.717, 1.165) is 23.0 Å². The fourth-order valence-corrected chi connectivity index (χ4v) is 3.65. The molecule has 0 aromatic carbocycles. The van der Waals surface area contributed by atoms with E-state index in [0.29, 0.717) is 0 Å². The van der Waals surface area contributed by atoms with Crippen LogP contribution < -0.4 is 0 Å². The van der Waals surface area contributed by atoms with E-state index >= 15 is 0 Å². The van der Waals surface area contributed by atoms with E-state index in [9.17, 15) is 0 Å². The summed E-state index contributed by atoms with van der Waals surface area (Å²) in [6.07, 6.45) is 4.40. The van der Waals surface area contributed by atoms with Gasteiger partial charge in [0.15, 0.2) is 0 Å². The molecule has 1 aliphatic rings. The van der Waals surface area contributed by atoms with Crippen molar-refractivity contribution in [1.29, 1.82) is 0 Å². The zero-order valence-electron chi connectivity index (χ0n) is 9.55. The Morgan fingerprint density at radius 1 is 1.15 bits per heavy atom. The third kappa shape index (κ3) is 3.53. The van der Waals surface area contributed by atoms with Gasteiger partial charge in [0.25, 0.3) is 0 Å². The van der Waals surface area contributed by atoms with Crippen molar-refractivity contribution in [2.45, 2.75) is 52.2 Å². The van der Waals surface area contributed by atoms with E-state index in [-0.39, 0.29) is 0 Å². The second-order valence-corrected chi connectivity index (χ2v) is 6.54. The van der Waals surface area contributed by atoms with Crippen LogP contribution in [0.3, 0.4) is 0 Å². The van der Waals surface area contributed by atoms with Gasteiger partial charge in [-0.3, -0.25) is 0 Å². The van der Waals surface area contributed by atoms with E-state index < -0.39 is 0 Å². The lowest BCUT2D eigenvalue weighted by atomic mass is 9.75. The molecule has 1 rings (SSSR count). The first-order valence-corrected chi connectivity index (χ1v) is 6.77. The Morgan fingerprint density at radius 3 is 2.15 bits per heavy atom. The van der Waals surface area contributed by atoms with Crippen LogP contribution in [-0.4, -0.2) is 11.0 Å². The zero-order chi connectivity index (χ0) is 9.84. The smallest absolute Gasteiger partial charge is 0.000958 e. The molecule has 1 aliphatic carbocycles. The third-order valence-corrected chi connectivity index (χ3v) is 4.65. The Morgan fingerprint density at radius 2 is 1.69 bits per heavy atom. The van der Waals surface area contributed by atoms with Crippen LogP contribution in [0.15, 0.2) is 0 Å². The highest BCUT2D eigenvalue weighted by molar-refractivity contribution is 7.99. The summed E-state index contributed by atoms with van der Waals surface area (Å²) in [4.78, 5) is 0. The first-order valence-electron chi connectivity index (χ1n) is 5.73. The molecular weight excluding hydrogens is 176 g/mol. The van der Waals surface area contributed by atoms with Crippen molar-refractivity contribution < 1.29 is 0 Å². The van der Waals surface area contributed by atoms with Crippen LogP contribution >= 0.6 is 11.8 Å². The van der Waals surface area contributed by atoms with Gasteiger partial charge >= 0.3 is 0 Å². The lowest BCUT2D eigenvalue weighted by Crippen LogP contribution is -2.27. The highest BCUT2D eigenvalue weighted by Gasteiger charge is 2.27. The first-order chi connectivity index (χ1) is 6.11. The monoisotopic (exact) mass is 200 g/mol. The average Bonchev–Trinajstić information content (AvgIpc) is 2.03. The van der Waals surface area contributed by atoms with Crippen LogP contribution in [0.5, 0.6) is 0 Å². The van der Waals surface area contributed by atoms with Crippen molar-refractivity contribution in [3.63, 3.8) is 0 Å². The molecule has 1 saturated carbocycles. The molecule has 0 heterocycles. The number of hydrogen-bond acceptors (Lipinski definition) is 1. The van der Waals surface area contributed by atoms with Gasteiger partial charge in [-0.25, -0.2) is 0 Å². The second kappa shape index (κ2) is 5.29. The summed E-state index contributed by atoms with van der Waals surface area (Å²) in [5, 5.41) is 0.807. The summed E-state index contributed by atoms with van der Waals surface area (Å²) in [5.41, 5.74) is 0. The van der Waals surface area contributed by atoms with E-state index in [1.165, 1.54) is 25.0 Å². The van der Waals surface area contributed by atoms with Crippen molar-refractivity contribution in [3.05, 3.63) is 0 Å². The minimum Gasteiger partial charge on any atom is -0.159 e. The molecule has 0 bridgehead atoms. The standard InChI is InChI=1S/C12H24S/c1-9(2)13-8-12-10(3)6-5-7-11(12)4/h9-12H,5-8H2,1-4H3. The van der Waals surface area contributed by atoms with Gasteiger partial charge in [0, 0.05) is 0 Å². The molecule has 0 saturated heterocycles. The van der Waals surface area contributed by atoms with Crippen molar-refractivity contribution >= 4 is 11.8 Å². The van der Waals surface area contributed by atoms with E-state index in [4.69, 9.17) is 0 Å². The average molecular weight is 200 g/mol. The molecular formula is C12H24S. The van der Waals surface area contributed by atoms with Crippen molar-refractivity contribution in [2.75, 3.05) is 5.75 Å². The SMILES string of the molecule is CC(C)SCC1C(C)CCCC1C. The van der Waals surface area contributed by atoms with Crippen LogP contribution in [-0.2, 0) is 0 Å². The Kier molecular flexibility index (Phi) is 4.64. The molecule has 0 nitrogen and oxygen atoms in total. The predicted molar refractivity (Wildman–Crippen MR) is 63.3 cm³/mol. The summed E-state index contributed by atoms with van der Waals surface area (Å²) in [6, 6.07) is 0. The van der Waals surface area contributed by atoms with Crippen molar-refractivity contribution in [2.24, 2.45) is 17.8 Å².